The van der Waals surface area contributed by atoms with Gasteiger partial charge >= 0.3 is 0 Å². The summed E-state index contributed by atoms with van der Waals surface area (Å²) < 4.78 is 2.44. The average molecular weight is 471 g/mol. The first-order chi connectivity index (χ1) is 14.3. The number of halogens is 1. The fourth-order valence-corrected chi connectivity index (χ4v) is 3.66. The second kappa shape index (κ2) is 9.21. The lowest BCUT2D eigenvalue weighted by atomic mass is 10.1. The number of aromatic nitrogens is 1. The largest absolute Gasteiger partial charge is 0.493 e. The Hall–Kier alpha value is -3.00. The summed E-state index contributed by atoms with van der Waals surface area (Å²) >= 11 is 3.33. The summed E-state index contributed by atoms with van der Waals surface area (Å²) in [6, 6.07) is 12.8. The molecule has 0 bridgehead atoms. The van der Waals surface area contributed by atoms with Crippen LogP contribution in [0, 0.1) is 6.92 Å². The Labute approximate surface area is 182 Å². The van der Waals surface area contributed by atoms with E-state index in [1.807, 2.05) is 45.0 Å². The van der Waals surface area contributed by atoms with Crippen LogP contribution in [0.4, 0.5) is 5.69 Å². The minimum atomic E-state index is -0.486. The van der Waals surface area contributed by atoms with E-state index in [1.54, 1.807) is 22.8 Å². The van der Waals surface area contributed by atoms with Crippen LogP contribution in [0.1, 0.15) is 42.2 Å². The van der Waals surface area contributed by atoms with Gasteiger partial charge in [0.05, 0.1) is 11.1 Å². The highest BCUT2D eigenvalue weighted by Crippen LogP contribution is 2.41. The third-order valence-corrected chi connectivity index (χ3v) is 5.32. The van der Waals surface area contributed by atoms with Gasteiger partial charge in [0, 0.05) is 28.9 Å². The lowest BCUT2D eigenvalue weighted by molar-refractivity contribution is -0.118. The molecule has 2 N–H and O–H groups in total. The molecule has 3 rings (SSSR count). The monoisotopic (exact) mass is 470 g/mol. The molecule has 0 aliphatic carbocycles. The Bertz CT molecular complexity index is 1130. The van der Waals surface area contributed by atoms with Crippen molar-refractivity contribution in [3.8, 4) is 5.88 Å². The van der Waals surface area contributed by atoms with Crippen LogP contribution in [0.15, 0.2) is 57.2 Å². The summed E-state index contributed by atoms with van der Waals surface area (Å²) in [4.78, 5) is 24.3. The lowest BCUT2D eigenvalue weighted by Crippen LogP contribution is -2.26. The van der Waals surface area contributed by atoms with Crippen LogP contribution in [-0.4, -0.2) is 28.0 Å². The van der Waals surface area contributed by atoms with E-state index < -0.39 is 5.91 Å². The van der Waals surface area contributed by atoms with Gasteiger partial charge in [-0.2, -0.15) is 0 Å². The number of hydrogen-bond acceptors (Lipinski definition) is 4. The third-order valence-electron chi connectivity index (χ3n) is 4.63. The smallest absolute Gasteiger partial charge is 0.266 e. The van der Waals surface area contributed by atoms with Gasteiger partial charge in [-0.05, 0) is 61.0 Å². The summed E-state index contributed by atoms with van der Waals surface area (Å²) in [6.45, 7) is 6.00. The van der Waals surface area contributed by atoms with E-state index in [0.29, 0.717) is 10.0 Å². The van der Waals surface area contributed by atoms with E-state index >= 15 is 0 Å². The van der Waals surface area contributed by atoms with Crippen molar-refractivity contribution >= 4 is 44.3 Å². The maximum absolute atomic E-state index is 12.2. The Kier molecular flexibility index (Phi) is 6.66. The number of hydrogen-bond donors (Lipinski definition) is 2. The first-order valence-corrected chi connectivity index (χ1v) is 10.4. The van der Waals surface area contributed by atoms with E-state index in [0.717, 1.165) is 16.5 Å². The molecule has 1 aromatic heterocycles. The second-order valence-electron chi connectivity index (χ2n) is 7.24. The molecule has 30 heavy (non-hydrogen) atoms. The summed E-state index contributed by atoms with van der Waals surface area (Å²) in [5.41, 5.74) is 2.61. The summed E-state index contributed by atoms with van der Waals surface area (Å²) in [7, 11) is 0. The minimum absolute atomic E-state index is 0.00229. The number of azo groups is 1. The van der Waals surface area contributed by atoms with Crippen LogP contribution in [0.5, 0.6) is 5.88 Å². The van der Waals surface area contributed by atoms with Crippen molar-refractivity contribution in [3.63, 3.8) is 0 Å². The summed E-state index contributed by atoms with van der Waals surface area (Å²) in [5, 5.41) is 21.8. The van der Waals surface area contributed by atoms with Crippen molar-refractivity contribution in [2.75, 3.05) is 6.54 Å². The molecule has 0 aliphatic rings. The molecule has 0 unspecified atom stereocenters. The van der Waals surface area contributed by atoms with Crippen molar-refractivity contribution in [3.05, 3.63) is 58.1 Å². The van der Waals surface area contributed by atoms with Gasteiger partial charge in [-0.25, -0.2) is 0 Å². The van der Waals surface area contributed by atoms with E-state index in [1.165, 1.54) is 0 Å². The van der Waals surface area contributed by atoms with Crippen molar-refractivity contribution in [2.45, 2.75) is 33.2 Å². The molecule has 0 aliphatic heterocycles. The number of amides is 2. The van der Waals surface area contributed by atoms with Crippen molar-refractivity contribution in [1.82, 2.24) is 9.88 Å². The van der Waals surface area contributed by atoms with E-state index in [9.17, 15) is 14.7 Å². The topological polar surface area (TPSA) is 96.1 Å². The van der Waals surface area contributed by atoms with Gasteiger partial charge < -0.3 is 15.0 Å². The minimum Gasteiger partial charge on any atom is -0.493 e. The molecule has 0 spiro atoms. The van der Waals surface area contributed by atoms with Crippen LogP contribution in [0.25, 0.3) is 10.9 Å². The number of carbonyl (C=O) groups excluding carboxylic acids is 2. The average Bonchev–Trinajstić information content (AvgIpc) is 2.97. The molecule has 2 amide bonds. The fraction of sp³-hybridized carbons (Fsp3) is 0.273. The number of nitrogens with one attached hydrogen (secondary N) is 1. The lowest BCUT2D eigenvalue weighted by Gasteiger charge is -2.10. The molecule has 1 heterocycles. The first-order valence-electron chi connectivity index (χ1n) is 9.60. The highest BCUT2D eigenvalue weighted by atomic mass is 79.9. The van der Waals surface area contributed by atoms with E-state index in [2.05, 4.69) is 31.5 Å². The van der Waals surface area contributed by atoms with Crippen molar-refractivity contribution < 1.29 is 14.7 Å². The molecular weight excluding hydrogens is 448 g/mol. The van der Waals surface area contributed by atoms with Gasteiger partial charge in [-0.1, -0.05) is 23.8 Å². The Morgan fingerprint density at radius 2 is 1.93 bits per heavy atom. The first kappa shape index (κ1) is 21.7. The number of carbonyl (C=O) groups is 2. The van der Waals surface area contributed by atoms with Crippen molar-refractivity contribution in [2.24, 2.45) is 10.2 Å². The van der Waals surface area contributed by atoms with E-state index in [4.69, 9.17) is 0 Å². The number of fused-ring (bicyclic) bond motifs is 1. The molecule has 0 fully saturated rings. The normalized spacial score (nSPS) is 11.5. The number of rotatable bonds is 6. The quantitative estimate of drug-likeness (QED) is 0.470. The number of benzene rings is 2. The summed E-state index contributed by atoms with van der Waals surface area (Å²) in [5.74, 6) is -0.787. The molecule has 8 heteroatoms. The molecule has 7 nitrogen and oxygen atoms in total. The van der Waals surface area contributed by atoms with Crippen LogP contribution in [-0.2, 0) is 4.79 Å². The predicted octanol–water partition coefficient (Wildman–Crippen LogP) is 5.43. The van der Waals surface area contributed by atoms with Gasteiger partial charge in [0.25, 0.3) is 11.8 Å². The van der Waals surface area contributed by atoms with Gasteiger partial charge in [-0.15, -0.1) is 10.2 Å². The summed E-state index contributed by atoms with van der Waals surface area (Å²) in [6.07, 6.45) is 0.00229. The third kappa shape index (κ3) is 4.59. The molecule has 156 valence electrons. The van der Waals surface area contributed by atoms with Gasteiger partial charge in [0.1, 0.15) is 0 Å². The Morgan fingerprint density at radius 1 is 1.20 bits per heavy atom. The molecular formula is C22H23BrN4O3. The van der Waals surface area contributed by atoms with Crippen LogP contribution >= 0.6 is 15.9 Å². The zero-order chi connectivity index (χ0) is 21.8. The van der Waals surface area contributed by atoms with Crippen LogP contribution in [0.2, 0.25) is 0 Å². The van der Waals surface area contributed by atoms with Gasteiger partial charge in [0.2, 0.25) is 5.88 Å². The molecule has 0 saturated heterocycles. The standard InChI is InChI=1S/C22H23BrN4O3/c1-13(2)27-18-9-8-14(3)12-16(18)20(22(27)30)26-25-19(28)10-11-24-21(29)15-6-4-5-7-17(15)23/h4-9,12-13,30H,10-11H2,1-3H3,(H,24,29). The number of aryl methyl sites for hydroxylation is 1. The maximum Gasteiger partial charge on any atom is 0.266 e. The molecule has 2 aromatic carbocycles. The van der Waals surface area contributed by atoms with Crippen LogP contribution in [0.3, 0.4) is 0 Å². The highest BCUT2D eigenvalue weighted by molar-refractivity contribution is 9.10. The SMILES string of the molecule is Cc1ccc2c(c1)c(N=NC(=O)CCNC(=O)c1ccccc1Br)c(O)n2C(C)C. The van der Waals surface area contributed by atoms with Gasteiger partial charge in [0.15, 0.2) is 5.69 Å². The van der Waals surface area contributed by atoms with Gasteiger partial charge in [-0.3, -0.25) is 9.59 Å². The fourth-order valence-electron chi connectivity index (χ4n) is 3.20. The number of aromatic hydroxyl groups is 1. The van der Waals surface area contributed by atoms with E-state index in [-0.39, 0.29) is 36.5 Å². The zero-order valence-corrected chi connectivity index (χ0v) is 18.6. The number of nitrogens with zero attached hydrogens (tertiary/aromatic N) is 3. The highest BCUT2D eigenvalue weighted by Gasteiger charge is 2.19. The second-order valence-corrected chi connectivity index (χ2v) is 8.09. The molecule has 0 radical (unpaired) electrons. The van der Waals surface area contributed by atoms with Crippen molar-refractivity contribution in [1.29, 1.82) is 0 Å². The Morgan fingerprint density at radius 3 is 2.63 bits per heavy atom. The predicted molar refractivity (Wildman–Crippen MR) is 119 cm³/mol. The Balaban J connectivity index is 1.70. The zero-order valence-electron chi connectivity index (χ0n) is 17.0. The molecule has 0 atom stereocenters. The van der Waals surface area contributed by atoms with Crippen LogP contribution < -0.4 is 5.32 Å². The molecule has 3 aromatic rings. The molecule has 0 saturated carbocycles. The maximum atomic E-state index is 12.2.